The van der Waals surface area contributed by atoms with Crippen molar-refractivity contribution in [3.05, 3.63) is 96.5 Å². The number of nitriles is 1. The van der Waals surface area contributed by atoms with Crippen molar-refractivity contribution >= 4 is 11.4 Å². The fourth-order valence-electron chi connectivity index (χ4n) is 4.02. The molecule has 38 heavy (non-hydrogen) atoms. The van der Waals surface area contributed by atoms with Crippen molar-refractivity contribution < 1.29 is 9.18 Å². The molecule has 6 aromatic heterocycles. The van der Waals surface area contributed by atoms with Crippen molar-refractivity contribution in [1.29, 1.82) is 5.26 Å². The van der Waals surface area contributed by atoms with Crippen molar-refractivity contribution in [3.63, 3.8) is 0 Å². The van der Waals surface area contributed by atoms with Crippen LogP contribution in [0.15, 0.2) is 74.0 Å². The summed E-state index contributed by atoms with van der Waals surface area (Å²) in [4.78, 5) is 17.1. The number of aromatic nitrogens is 9. The van der Waals surface area contributed by atoms with Crippen molar-refractivity contribution in [2.24, 2.45) is 7.05 Å². The van der Waals surface area contributed by atoms with Crippen LogP contribution in [0.2, 0.25) is 0 Å². The van der Waals surface area contributed by atoms with Crippen molar-refractivity contribution in [1.82, 2.24) is 49.3 Å². The molecule has 6 rings (SSSR count). The molecule has 0 aliphatic heterocycles. The summed E-state index contributed by atoms with van der Waals surface area (Å²) in [6, 6.07) is 7.49. The van der Waals surface area contributed by atoms with Crippen LogP contribution in [-0.2, 0) is 13.6 Å². The molecule has 0 aliphatic rings. The van der Waals surface area contributed by atoms with Crippen LogP contribution in [0, 0.1) is 17.1 Å². The lowest BCUT2D eigenvalue weighted by Gasteiger charge is -2.08. The van der Waals surface area contributed by atoms with Gasteiger partial charge in [0.15, 0.2) is 11.6 Å². The Kier molecular flexibility index (Phi) is 5.46. The minimum atomic E-state index is -0.453. The molecule has 0 aliphatic carbocycles. The molecule has 6 heterocycles. The molecule has 0 atom stereocenters. The van der Waals surface area contributed by atoms with Gasteiger partial charge < -0.3 is 5.32 Å². The van der Waals surface area contributed by atoms with Gasteiger partial charge in [-0.2, -0.15) is 25.7 Å². The van der Waals surface area contributed by atoms with Gasteiger partial charge in [-0.1, -0.05) is 6.07 Å². The zero-order chi connectivity index (χ0) is 26.2. The highest BCUT2D eigenvalue weighted by molar-refractivity contribution is 5.94. The van der Waals surface area contributed by atoms with E-state index in [1.165, 1.54) is 23.3 Å². The van der Waals surface area contributed by atoms with Gasteiger partial charge in [-0.15, -0.1) is 0 Å². The summed E-state index contributed by atoms with van der Waals surface area (Å²) in [5.74, 6) is -0.324. The van der Waals surface area contributed by atoms with Crippen LogP contribution in [0.5, 0.6) is 0 Å². The predicted octanol–water partition coefficient (Wildman–Crippen LogP) is 2.44. The largest absolute Gasteiger partial charge is 0.348 e. The number of pyridine rings is 2. The minimum absolute atomic E-state index is 0.229. The highest BCUT2D eigenvalue weighted by Gasteiger charge is 2.17. The summed E-state index contributed by atoms with van der Waals surface area (Å²) >= 11 is 0. The molecule has 1 N–H and O–H groups in total. The molecule has 0 bridgehead atoms. The molecule has 13 heteroatoms. The third kappa shape index (κ3) is 4.16. The van der Waals surface area contributed by atoms with E-state index in [0.29, 0.717) is 28.1 Å². The number of nitrogens with one attached hydrogen (secondary N) is 1. The molecule has 0 saturated carbocycles. The van der Waals surface area contributed by atoms with Crippen molar-refractivity contribution in [3.8, 4) is 28.7 Å². The first kappa shape index (κ1) is 22.8. The molecule has 0 fully saturated rings. The molecule has 12 nitrogen and oxygen atoms in total. The molecule has 0 spiro atoms. The third-order valence-corrected chi connectivity index (χ3v) is 5.89. The molecule has 0 saturated heterocycles. The van der Waals surface area contributed by atoms with E-state index in [1.807, 2.05) is 25.5 Å². The SMILES string of the molecule is Cn1cc(-c2cc(-n3cc(C(=O)NCc4ccc(-n5cc(F)cn5)nc4)cn3)c3c(C#N)cnn3c2)cn1. The van der Waals surface area contributed by atoms with Gasteiger partial charge >= 0.3 is 0 Å². The summed E-state index contributed by atoms with van der Waals surface area (Å²) in [6.45, 7) is 0.229. The molecular formula is C25H18FN11O. The van der Waals surface area contributed by atoms with Gasteiger partial charge in [-0.05, 0) is 17.7 Å². The van der Waals surface area contributed by atoms with Crippen LogP contribution >= 0.6 is 0 Å². The normalized spacial score (nSPS) is 11.1. The standard InChI is InChI=1S/C25H18FN11O/c1-34-12-19(9-30-34)17-4-22(24-18(5-27)8-32-37(24)13-17)35-14-20(10-31-35)25(38)29-7-16-2-3-23(28-6-16)36-15-21(26)11-33-36/h2-4,6,8-15H,7H2,1H3,(H,29,38). The molecule has 0 radical (unpaired) electrons. The maximum absolute atomic E-state index is 13.2. The maximum atomic E-state index is 13.2. The van der Waals surface area contributed by atoms with Gasteiger partial charge in [0.1, 0.15) is 11.6 Å². The lowest BCUT2D eigenvalue weighted by atomic mass is 10.1. The average Bonchev–Trinajstić information content (AvgIpc) is 3.74. The zero-order valence-electron chi connectivity index (χ0n) is 19.9. The highest BCUT2D eigenvalue weighted by Crippen LogP contribution is 2.27. The van der Waals surface area contributed by atoms with E-state index in [4.69, 9.17) is 0 Å². The van der Waals surface area contributed by atoms with Crippen LogP contribution < -0.4 is 5.32 Å². The van der Waals surface area contributed by atoms with E-state index in [1.54, 1.807) is 44.6 Å². The topological polar surface area (TPSA) is 137 Å². The lowest BCUT2D eigenvalue weighted by Crippen LogP contribution is -2.22. The number of amides is 1. The van der Waals surface area contributed by atoms with Crippen molar-refractivity contribution in [2.45, 2.75) is 6.54 Å². The summed E-state index contributed by atoms with van der Waals surface area (Å²) in [5, 5.41) is 29.3. The molecule has 6 aromatic rings. The first-order valence-corrected chi connectivity index (χ1v) is 11.4. The lowest BCUT2D eigenvalue weighted by molar-refractivity contribution is 0.0951. The van der Waals surface area contributed by atoms with E-state index in [9.17, 15) is 14.4 Å². The summed E-state index contributed by atoms with van der Waals surface area (Å²) in [5.41, 5.74) is 4.33. The van der Waals surface area contributed by atoms with E-state index in [0.717, 1.165) is 22.9 Å². The van der Waals surface area contributed by atoms with Crippen LogP contribution in [0.3, 0.4) is 0 Å². The van der Waals surface area contributed by atoms with Gasteiger partial charge in [-0.3, -0.25) is 9.48 Å². The Bertz CT molecular complexity index is 1840. The number of rotatable bonds is 6. The molecule has 0 unspecified atom stereocenters. The predicted molar refractivity (Wildman–Crippen MR) is 132 cm³/mol. The number of aryl methyl sites for hydroxylation is 1. The van der Waals surface area contributed by atoms with E-state index in [-0.39, 0.29) is 12.5 Å². The highest BCUT2D eigenvalue weighted by atomic mass is 19.1. The van der Waals surface area contributed by atoms with Crippen LogP contribution in [0.1, 0.15) is 21.5 Å². The van der Waals surface area contributed by atoms with Crippen LogP contribution in [0.4, 0.5) is 4.39 Å². The Hall–Kier alpha value is -5.64. The number of nitrogens with zero attached hydrogens (tertiary/aromatic N) is 10. The van der Waals surface area contributed by atoms with E-state index >= 15 is 0 Å². The average molecular weight is 507 g/mol. The van der Waals surface area contributed by atoms with Crippen LogP contribution in [-0.4, -0.2) is 49.8 Å². The molecule has 0 aromatic carbocycles. The van der Waals surface area contributed by atoms with Crippen molar-refractivity contribution in [2.75, 3.05) is 0 Å². The maximum Gasteiger partial charge on any atom is 0.254 e. The second-order valence-corrected chi connectivity index (χ2v) is 8.46. The molecule has 1 amide bonds. The second kappa shape index (κ2) is 9.10. The van der Waals surface area contributed by atoms with Crippen LogP contribution in [0.25, 0.3) is 28.1 Å². The molecular weight excluding hydrogens is 489 g/mol. The number of hydrogen-bond acceptors (Lipinski definition) is 7. The number of carbonyl (C=O) groups excluding carboxylic acids is 1. The Morgan fingerprint density at radius 2 is 1.84 bits per heavy atom. The Labute approximate surface area is 214 Å². The monoisotopic (exact) mass is 507 g/mol. The van der Waals surface area contributed by atoms with Gasteiger partial charge in [-0.25, -0.2) is 23.3 Å². The summed E-state index contributed by atoms with van der Waals surface area (Å²) in [6.07, 6.45) is 13.9. The Morgan fingerprint density at radius 1 is 0.974 bits per heavy atom. The first-order chi connectivity index (χ1) is 18.5. The Balaban J connectivity index is 1.24. The zero-order valence-corrected chi connectivity index (χ0v) is 19.9. The number of fused-ring (bicyclic) bond motifs is 1. The third-order valence-electron chi connectivity index (χ3n) is 5.89. The van der Waals surface area contributed by atoms with E-state index < -0.39 is 5.82 Å². The summed E-state index contributed by atoms with van der Waals surface area (Å²) in [7, 11) is 1.83. The smallest absolute Gasteiger partial charge is 0.254 e. The van der Waals surface area contributed by atoms with Gasteiger partial charge in [0.2, 0.25) is 0 Å². The fourth-order valence-corrected chi connectivity index (χ4v) is 4.02. The van der Waals surface area contributed by atoms with Gasteiger partial charge in [0, 0.05) is 49.5 Å². The summed E-state index contributed by atoms with van der Waals surface area (Å²) < 4.78 is 19.4. The second-order valence-electron chi connectivity index (χ2n) is 8.46. The van der Waals surface area contributed by atoms with Gasteiger partial charge in [0.05, 0.1) is 47.8 Å². The first-order valence-electron chi connectivity index (χ1n) is 11.4. The number of halogens is 1. The van der Waals surface area contributed by atoms with Gasteiger partial charge in [0.25, 0.3) is 5.91 Å². The molecule has 186 valence electrons. The Morgan fingerprint density at radius 3 is 2.55 bits per heavy atom. The number of hydrogen-bond donors (Lipinski definition) is 1. The quantitative estimate of drug-likeness (QED) is 0.366. The van der Waals surface area contributed by atoms with E-state index in [2.05, 4.69) is 36.8 Å². The minimum Gasteiger partial charge on any atom is -0.348 e. The fraction of sp³-hybridized carbons (Fsp3) is 0.0800. The number of carbonyl (C=O) groups is 1.